The van der Waals surface area contributed by atoms with E-state index in [1.54, 1.807) is 14.2 Å². The first-order chi connectivity index (χ1) is 11.6. The zero-order valence-electron chi connectivity index (χ0n) is 15.1. The average Bonchev–Trinajstić information content (AvgIpc) is 3.02. The van der Waals surface area contributed by atoms with Crippen molar-refractivity contribution >= 4 is 0 Å². The number of hydrogen-bond donors (Lipinski definition) is 0. The summed E-state index contributed by atoms with van der Waals surface area (Å²) in [6.07, 6.45) is 4.36. The SMILES string of the molecule is COc1cc(C)c(CN2CCC[C@@H](c3ccnn3C)C2)cc1OC. The Morgan fingerprint density at radius 3 is 2.62 bits per heavy atom. The summed E-state index contributed by atoms with van der Waals surface area (Å²) in [5.74, 6) is 2.16. The smallest absolute Gasteiger partial charge is 0.161 e. The average molecular weight is 329 g/mol. The first-order valence-corrected chi connectivity index (χ1v) is 8.54. The minimum absolute atomic E-state index is 0.562. The lowest BCUT2D eigenvalue weighted by Gasteiger charge is -2.33. The molecule has 1 atom stereocenters. The van der Waals surface area contributed by atoms with E-state index in [2.05, 4.69) is 35.1 Å². The fourth-order valence-electron chi connectivity index (χ4n) is 3.66. The Morgan fingerprint density at radius 2 is 1.96 bits per heavy atom. The van der Waals surface area contributed by atoms with Crippen LogP contribution in [0, 0.1) is 6.92 Å². The molecule has 130 valence electrons. The van der Waals surface area contributed by atoms with Crippen LogP contribution in [0.1, 0.15) is 35.6 Å². The van der Waals surface area contributed by atoms with Crippen LogP contribution < -0.4 is 9.47 Å². The van der Waals surface area contributed by atoms with Gasteiger partial charge in [0.15, 0.2) is 11.5 Å². The fraction of sp³-hybridized carbons (Fsp3) is 0.526. The number of rotatable bonds is 5. The maximum atomic E-state index is 5.46. The number of benzene rings is 1. The molecule has 0 spiro atoms. The van der Waals surface area contributed by atoms with Crippen molar-refractivity contribution in [2.75, 3.05) is 27.3 Å². The van der Waals surface area contributed by atoms with Crippen LogP contribution in [0.15, 0.2) is 24.4 Å². The normalized spacial score (nSPS) is 18.6. The molecule has 2 heterocycles. The van der Waals surface area contributed by atoms with Crippen molar-refractivity contribution in [2.24, 2.45) is 7.05 Å². The lowest BCUT2D eigenvalue weighted by atomic mass is 9.94. The summed E-state index contributed by atoms with van der Waals surface area (Å²) in [6, 6.07) is 6.33. The number of hydrogen-bond acceptors (Lipinski definition) is 4. The quantitative estimate of drug-likeness (QED) is 0.845. The second-order valence-corrected chi connectivity index (χ2v) is 6.59. The molecule has 3 rings (SSSR count). The number of ether oxygens (including phenoxy) is 2. The van der Waals surface area contributed by atoms with Crippen molar-refractivity contribution in [1.29, 1.82) is 0 Å². The molecule has 0 amide bonds. The van der Waals surface area contributed by atoms with Gasteiger partial charge >= 0.3 is 0 Å². The Hall–Kier alpha value is -2.01. The Kier molecular flexibility index (Phi) is 5.09. The molecular formula is C19H27N3O2. The van der Waals surface area contributed by atoms with Gasteiger partial charge in [0.1, 0.15) is 0 Å². The Balaban J connectivity index is 1.75. The van der Waals surface area contributed by atoms with Crippen LogP contribution in [0.2, 0.25) is 0 Å². The molecule has 2 aromatic rings. The van der Waals surface area contributed by atoms with E-state index in [4.69, 9.17) is 9.47 Å². The maximum absolute atomic E-state index is 5.46. The lowest BCUT2D eigenvalue weighted by Crippen LogP contribution is -2.34. The zero-order chi connectivity index (χ0) is 17.1. The third-order valence-corrected chi connectivity index (χ3v) is 5.02. The lowest BCUT2D eigenvalue weighted by molar-refractivity contribution is 0.196. The number of likely N-dealkylation sites (tertiary alicyclic amines) is 1. The molecule has 0 unspecified atom stereocenters. The molecule has 0 N–H and O–H groups in total. The van der Waals surface area contributed by atoms with Crippen LogP contribution in [0.5, 0.6) is 11.5 Å². The van der Waals surface area contributed by atoms with Crippen LogP contribution >= 0.6 is 0 Å². The molecule has 0 saturated carbocycles. The molecule has 1 saturated heterocycles. The van der Waals surface area contributed by atoms with Crippen molar-refractivity contribution in [1.82, 2.24) is 14.7 Å². The molecule has 1 aliphatic rings. The van der Waals surface area contributed by atoms with E-state index >= 15 is 0 Å². The van der Waals surface area contributed by atoms with Gasteiger partial charge in [0.2, 0.25) is 0 Å². The fourth-order valence-corrected chi connectivity index (χ4v) is 3.66. The number of nitrogens with zero attached hydrogens (tertiary/aromatic N) is 3. The maximum Gasteiger partial charge on any atom is 0.161 e. The molecule has 24 heavy (non-hydrogen) atoms. The first-order valence-electron chi connectivity index (χ1n) is 8.54. The molecule has 5 nitrogen and oxygen atoms in total. The molecule has 0 bridgehead atoms. The molecular weight excluding hydrogens is 302 g/mol. The molecule has 0 radical (unpaired) electrons. The monoisotopic (exact) mass is 329 g/mol. The van der Waals surface area contributed by atoms with Crippen LogP contribution in [-0.2, 0) is 13.6 Å². The minimum atomic E-state index is 0.562. The number of aryl methyl sites for hydroxylation is 2. The van der Waals surface area contributed by atoms with Gasteiger partial charge < -0.3 is 9.47 Å². The zero-order valence-corrected chi connectivity index (χ0v) is 15.1. The van der Waals surface area contributed by atoms with Crippen LogP contribution in [-0.4, -0.2) is 42.0 Å². The van der Waals surface area contributed by atoms with Gasteiger partial charge in [-0.1, -0.05) is 0 Å². The number of methoxy groups -OCH3 is 2. The van der Waals surface area contributed by atoms with Gasteiger partial charge in [-0.2, -0.15) is 5.10 Å². The van der Waals surface area contributed by atoms with Gasteiger partial charge in [-0.25, -0.2) is 0 Å². The van der Waals surface area contributed by atoms with Gasteiger partial charge in [-0.3, -0.25) is 9.58 Å². The number of piperidine rings is 1. The Bertz CT molecular complexity index is 696. The first kappa shape index (κ1) is 16.8. The highest BCUT2D eigenvalue weighted by Crippen LogP contribution is 2.32. The highest BCUT2D eigenvalue weighted by Gasteiger charge is 2.24. The largest absolute Gasteiger partial charge is 0.493 e. The van der Waals surface area contributed by atoms with Gasteiger partial charge in [-0.05, 0) is 55.6 Å². The number of aromatic nitrogens is 2. The van der Waals surface area contributed by atoms with Gasteiger partial charge in [-0.15, -0.1) is 0 Å². The summed E-state index contributed by atoms with van der Waals surface area (Å²) in [5.41, 5.74) is 3.89. The summed E-state index contributed by atoms with van der Waals surface area (Å²) in [6.45, 7) is 5.30. The van der Waals surface area contributed by atoms with E-state index in [-0.39, 0.29) is 0 Å². The summed E-state index contributed by atoms with van der Waals surface area (Å²) in [7, 11) is 5.41. The van der Waals surface area contributed by atoms with E-state index in [9.17, 15) is 0 Å². The summed E-state index contributed by atoms with van der Waals surface area (Å²) >= 11 is 0. The van der Waals surface area contributed by atoms with E-state index in [1.807, 2.05) is 17.9 Å². The second kappa shape index (κ2) is 7.26. The second-order valence-electron chi connectivity index (χ2n) is 6.59. The molecule has 5 heteroatoms. The summed E-state index contributed by atoms with van der Waals surface area (Å²) < 4.78 is 12.9. The predicted octanol–water partition coefficient (Wildman–Crippen LogP) is 3.13. The predicted molar refractivity (Wildman–Crippen MR) is 94.7 cm³/mol. The third kappa shape index (κ3) is 3.41. The molecule has 1 aliphatic heterocycles. The van der Waals surface area contributed by atoms with E-state index in [0.29, 0.717) is 5.92 Å². The third-order valence-electron chi connectivity index (χ3n) is 5.02. The summed E-state index contributed by atoms with van der Waals surface area (Å²) in [4.78, 5) is 2.54. The molecule has 1 aromatic carbocycles. The van der Waals surface area contributed by atoms with Crippen LogP contribution in [0.4, 0.5) is 0 Å². The van der Waals surface area contributed by atoms with Crippen molar-refractivity contribution < 1.29 is 9.47 Å². The molecule has 1 aromatic heterocycles. The van der Waals surface area contributed by atoms with Crippen molar-refractivity contribution in [3.63, 3.8) is 0 Å². The Labute approximate surface area is 144 Å². The van der Waals surface area contributed by atoms with E-state index < -0.39 is 0 Å². The van der Waals surface area contributed by atoms with Crippen LogP contribution in [0.25, 0.3) is 0 Å². The van der Waals surface area contributed by atoms with Crippen LogP contribution in [0.3, 0.4) is 0 Å². The highest BCUT2D eigenvalue weighted by atomic mass is 16.5. The standard InChI is InChI=1S/C19H27N3O2/c1-14-10-18(23-3)19(24-4)11-16(14)13-22-9-5-6-15(12-22)17-7-8-20-21(17)2/h7-8,10-11,15H,5-6,9,12-13H2,1-4H3/t15-/m1/s1. The summed E-state index contributed by atoms with van der Waals surface area (Å²) in [5, 5.41) is 4.32. The van der Waals surface area contributed by atoms with Gasteiger partial charge in [0.25, 0.3) is 0 Å². The van der Waals surface area contributed by atoms with Gasteiger partial charge in [0.05, 0.1) is 14.2 Å². The van der Waals surface area contributed by atoms with Gasteiger partial charge in [0, 0.05) is 37.9 Å². The minimum Gasteiger partial charge on any atom is -0.493 e. The van der Waals surface area contributed by atoms with Crippen molar-refractivity contribution in [3.8, 4) is 11.5 Å². The molecule has 1 fully saturated rings. The van der Waals surface area contributed by atoms with E-state index in [1.165, 1.54) is 29.7 Å². The van der Waals surface area contributed by atoms with Crippen molar-refractivity contribution in [2.45, 2.75) is 32.2 Å². The van der Waals surface area contributed by atoms with E-state index in [0.717, 1.165) is 31.1 Å². The highest BCUT2D eigenvalue weighted by molar-refractivity contribution is 5.47. The topological polar surface area (TPSA) is 39.5 Å². The van der Waals surface area contributed by atoms with Crippen molar-refractivity contribution in [3.05, 3.63) is 41.2 Å². The Morgan fingerprint density at radius 1 is 1.21 bits per heavy atom. The molecule has 0 aliphatic carbocycles.